The van der Waals surface area contributed by atoms with Gasteiger partial charge >= 0.3 is 0 Å². The number of piperidine rings is 1. The first-order valence-corrected chi connectivity index (χ1v) is 6.84. The molecule has 2 rings (SSSR count). The van der Waals surface area contributed by atoms with Crippen LogP contribution in [-0.4, -0.2) is 20.2 Å². The Bertz CT molecular complexity index is 433. The van der Waals surface area contributed by atoms with E-state index in [0.29, 0.717) is 17.9 Å². The molecule has 0 unspecified atom stereocenters. The molecule has 0 spiro atoms. The molecule has 1 fully saturated rings. The molecule has 0 saturated carbocycles. The average molecular weight is 320 g/mol. The second-order valence-electron chi connectivity index (χ2n) is 4.56. The van der Waals surface area contributed by atoms with Crippen LogP contribution in [0.2, 0.25) is 0 Å². The summed E-state index contributed by atoms with van der Waals surface area (Å²) in [5.41, 5.74) is 0.344. The highest BCUT2D eigenvalue weighted by atomic mass is 79.9. The van der Waals surface area contributed by atoms with Crippen LogP contribution in [0.3, 0.4) is 0 Å². The van der Waals surface area contributed by atoms with Crippen LogP contribution in [0.15, 0.2) is 10.5 Å². The first-order chi connectivity index (χ1) is 8.63. The van der Waals surface area contributed by atoms with Gasteiger partial charge in [0.15, 0.2) is 11.6 Å². The first-order valence-electron chi connectivity index (χ1n) is 6.04. The number of hydrogen-bond acceptors (Lipinski definition) is 2. The summed E-state index contributed by atoms with van der Waals surface area (Å²) in [7, 11) is 1.37. The van der Waals surface area contributed by atoms with Crippen molar-refractivity contribution in [2.45, 2.75) is 19.3 Å². The summed E-state index contributed by atoms with van der Waals surface area (Å²) in [6.45, 7) is 1.87. The molecule has 1 aromatic carbocycles. The third-order valence-corrected chi connectivity index (χ3v) is 3.95. The van der Waals surface area contributed by atoms with Crippen molar-refractivity contribution >= 4 is 15.9 Å². The van der Waals surface area contributed by atoms with Crippen LogP contribution in [0.1, 0.15) is 18.4 Å². The van der Waals surface area contributed by atoms with Crippen molar-refractivity contribution in [1.82, 2.24) is 5.32 Å². The Morgan fingerprint density at radius 3 is 2.67 bits per heavy atom. The van der Waals surface area contributed by atoms with Crippen LogP contribution in [0.25, 0.3) is 0 Å². The monoisotopic (exact) mass is 319 g/mol. The van der Waals surface area contributed by atoms with E-state index in [1.54, 1.807) is 0 Å². The highest BCUT2D eigenvalue weighted by Crippen LogP contribution is 2.33. The van der Waals surface area contributed by atoms with Crippen molar-refractivity contribution < 1.29 is 13.5 Å². The predicted octanol–water partition coefficient (Wildman–Crippen LogP) is 3.28. The third-order valence-electron chi connectivity index (χ3n) is 3.37. The number of rotatable bonds is 3. The van der Waals surface area contributed by atoms with E-state index in [1.807, 2.05) is 0 Å². The molecule has 1 aromatic rings. The van der Waals surface area contributed by atoms with Crippen molar-refractivity contribution in [3.8, 4) is 5.75 Å². The highest BCUT2D eigenvalue weighted by molar-refractivity contribution is 9.10. The SMILES string of the molecule is COc1c(F)cc(Br)c(F)c1CC1CCNCC1. The number of nitrogens with one attached hydrogen (secondary N) is 1. The summed E-state index contributed by atoms with van der Waals surface area (Å²) in [4.78, 5) is 0. The molecule has 2 nitrogen and oxygen atoms in total. The second kappa shape index (κ2) is 5.97. The number of ether oxygens (including phenoxy) is 1. The van der Waals surface area contributed by atoms with Crippen LogP contribution in [0.4, 0.5) is 8.78 Å². The van der Waals surface area contributed by atoms with E-state index in [-0.39, 0.29) is 10.2 Å². The molecule has 5 heteroatoms. The standard InChI is InChI=1S/C13H16BrF2NO/c1-18-13-9(6-8-2-4-17-5-3-8)12(16)10(14)7-11(13)15/h7-8,17H,2-6H2,1H3. The van der Waals surface area contributed by atoms with Crippen LogP contribution in [0.5, 0.6) is 5.75 Å². The molecule has 1 aliphatic rings. The molecule has 1 aliphatic heterocycles. The van der Waals surface area contributed by atoms with Crippen molar-refractivity contribution in [3.05, 3.63) is 27.7 Å². The fourth-order valence-corrected chi connectivity index (χ4v) is 2.85. The summed E-state index contributed by atoms with van der Waals surface area (Å²) in [5.74, 6) is -0.515. The van der Waals surface area contributed by atoms with Gasteiger partial charge in [-0.3, -0.25) is 0 Å². The summed E-state index contributed by atoms with van der Waals surface area (Å²) >= 11 is 3.04. The molecule has 100 valence electrons. The summed E-state index contributed by atoms with van der Waals surface area (Å²) < 4.78 is 32.9. The van der Waals surface area contributed by atoms with Gasteiger partial charge in [0.25, 0.3) is 0 Å². The van der Waals surface area contributed by atoms with Gasteiger partial charge in [0.05, 0.1) is 11.6 Å². The van der Waals surface area contributed by atoms with E-state index in [9.17, 15) is 8.78 Å². The Labute approximate surface area is 114 Å². The Morgan fingerprint density at radius 2 is 2.06 bits per heavy atom. The lowest BCUT2D eigenvalue weighted by Gasteiger charge is -2.23. The van der Waals surface area contributed by atoms with E-state index >= 15 is 0 Å². The molecule has 0 bridgehead atoms. The summed E-state index contributed by atoms with van der Waals surface area (Å²) in [6.07, 6.45) is 2.49. The van der Waals surface area contributed by atoms with Crippen molar-refractivity contribution in [2.24, 2.45) is 5.92 Å². The number of methoxy groups -OCH3 is 1. The molecule has 18 heavy (non-hydrogen) atoms. The van der Waals surface area contributed by atoms with Gasteiger partial charge in [-0.15, -0.1) is 0 Å². The normalized spacial score (nSPS) is 16.9. The van der Waals surface area contributed by atoms with Gasteiger partial charge in [0.1, 0.15) is 5.82 Å². The molecule has 1 saturated heterocycles. The van der Waals surface area contributed by atoms with Crippen LogP contribution in [0, 0.1) is 17.6 Å². The van der Waals surface area contributed by atoms with Crippen molar-refractivity contribution in [3.63, 3.8) is 0 Å². The molecular formula is C13H16BrF2NO. The van der Waals surface area contributed by atoms with E-state index in [4.69, 9.17) is 4.74 Å². The van der Waals surface area contributed by atoms with Crippen LogP contribution < -0.4 is 10.1 Å². The van der Waals surface area contributed by atoms with Gasteiger partial charge in [-0.1, -0.05) is 0 Å². The van der Waals surface area contributed by atoms with E-state index in [0.717, 1.165) is 32.0 Å². The molecule has 0 aliphatic carbocycles. The Hall–Kier alpha value is -0.680. The minimum absolute atomic E-state index is 0.0363. The fourth-order valence-electron chi connectivity index (χ4n) is 2.41. The maximum atomic E-state index is 14.1. The highest BCUT2D eigenvalue weighted by Gasteiger charge is 2.22. The van der Waals surface area contributed by atoms with Gasteiger partial charge in [-0.25, -0.2) is 8.78 Å². The zero-order valence-corrected chi connectivity index (χ0v) is 11.8. The third kappa shape index (κ3) is 2.83. The van der Waals surface area contributed by atoms with Gasteiger partial charge in [0.2, 0.25) is 0 Å². The fraction of sp³-hybridized carbons (Fsp3) is 0.538. The van der Waals surface area contributed by atoms with Crippen LogP contribution >= 0.6 is 15.9 Å². The zero-order valence-electron chi connectivity index (χ0n) is 10.2. The lowest BCUT2D eigenvalue weighted by atomic mass is 9.90. The Morgan fingerprint density at radius 1 is 1.39 bits per heavy atom. The molecule has 1 heterocycles. The van der Waals surface area contributed by atoms with Gasteiger partial charge in [0, 0.05) is 5.56 Å². The zero-order chi connectivity index (χ0) is 13.1. The Kier molecular flexibility index (Phi) is 4.56. The van der Waals surface area contributed by atoms with Crippen molar-refractivity contribution in [1.29, 1.82) is 0 Å². The first kappa shape index (κ1) is 13.7. The van der Waals surface area contributed by atoms with Crippen molar-refractivity contribution in [2.75, 3.05) is 20.2 Å². The molecule has 0 aromatic heterocycles. The lowest BCUT2D eigenvalue weighted by molar-refractivity contribution is 0.344. The van der Waals surface area contributed by atoms with Gasteiger partial charge < -0.3 is 10.1 Å². The Balaban J connectivity index is 2.29. The molecule has 1 N–H and O–H groups in total. The van der Waals surface area contributed by atoms with Gasteiger partial charge in [-0.05, 0) is 60.3 Å². The average Bonchev–Trinajstić information content (AvgIpc) is 2.37. The van der Waals surface area contributed by atoms with E-state index < -0.39 is 11.6 Å². The summed E-state index contributed by atoms with van der Waals surface area (Å²) in [6, 6.07) is 1.11. The molecule has 0 radical (unpaired) electrons. The minimum atomic E-state index is -0.519. The lowest BCUT2D eigenvalue weighted by Crippen LogP contribution is -2.29. The van der Waals surface area contributed by atoms with E-state index in [1.165, 1.54) is 7.11 Å². The topological polar surface area (TPSA) is 21.3 Å². The quantitative estimate of drug-likeness (QED) is 0.863. The second-order valence-corrected chi connectivity index (χ2v) is 5.42. The number of hydrogen-bond donors (Lipinski definition) is 1. The summed E-state index contributed by atoms with van der Waals surface area (Å²) in [5, 5.41) is 3.26. The van der Waals surface area contributed by atoms with E-state index in [2.05, 4.69) is 21.2 Å². The molecule has 0 amide bonds. The molecule has 0 atom stereocenters. The number of halogens is 3. The largest absolute Gasteiger partial charge is 0.493 e. The number of benzene rings is 1. The maximum Gasteiger partial charge on any atom is 0.166 e. The predicted molar refractivity (Wildman–Crippen MR) is 69.9 cm³/mol. The maximum absolute atomic E-state index is 14.1. The van der Waals surface area contributed by atoms with Gasteiger partial charge in [-0.2, -0.15) is 0 Å². The smallest absolute Gasteiger partial charge is 0.166 e. The minimum Gasteiger partial charge on any atom is -0.493 e. The molecular weight excluding hydrogens is 304 g/mol. The van der Waals surface area contributed by atoms with Crippen LogP contribution in [-0.2, 0) is 6.42 Å².